The summed E-state index contributed by atoms with van der Waals surface area (Å²) in [7, 11) is -3.72. The number of anilines is 1. The monoisotopic (exact) mass is 459 g/mol. The second kappa shape index (κ2) is 11.1. The smallest absolute Gasteiger partial charge is 0.244 e. The van der Waals surface area contributed by atoms with Crippen molar-refractivity contribution >= 4 is 27.5 Å². The summed E-state index contributed by atoms with van der Waals surface area (Å²) < 4.78 is 26.1. The van der Waals surface area contributed by atoms with Crippen molar-refractivity contribution in [2.75, 3.05) is 17.1 Å². The molecular formula is C24H33N3O4S. The Morgan fingerprint density at radius 1 is 1.03 bits per heavy atom. The van der Waals surface area contributed by atoms with Gasteiger partial charge in [0, 0.05) is 12.6 Å². The van der Waals surface area contributed by atoms with Crippen molar-refractivity contribution in [2.24, 2.45) is 0 Å². The molecule has 2 unspecified atom stereocenters. The number of nitrogens with zero attached hydrogens (tertiary/aromatic N) is 2. The number of rotatable bonds is 10. The summed E-state index contributed by atoms with van der Waals surface area (Å²) in [6, 6.07) is 15.5. The van der Waals surface area contributed by atoms with Gasteiger partial charge in [0.05, 0.1) is 11.9 Å². The molecule has 2 amide bonds. The van der Waals surface area contributed by atoms with E-state index < -0.39 is 28.5 Å². The Hall–Kier alpha value is -2.87. The molecule has 2 atom stereocenters. The third kappa shape index (κ3) is 7.09. The van der Waals surface area contributed by atoms with Crippen LogP contribution in [0, 0.1) is 6.92 Å². The molecule has 2 aromatic carbocycles. The summed E-state index contributed by atoms with van der Waals surface area (Å²) in [5, 5.41) is 2.91. The lowest BCUT2D eigenvalue weighted by atomic mass is 10.1. The number of hydrogen-bond acceptors (Lipinski definition) is 4. The maximum absolute atomic E-state index is 13.4. The Labute approximate surface area is 191 Å². The molecule has 7 nitrogen and oxygen atoms in total. The van der Waals surface area contributed by atoms with E-state index >= 15 is 0 Å². The number of carbonyl (C=O) groups is 2. The van der Waals surface area contributed by atoms with E-state index in [0.29, 0.717) is 5.69 Å². The van der Waals surface area contributed by atoms with Crippen LogP contribution in [0.2, 0.25) is 0 Å². The van der Waals surface area contributed by atoms with Gasteiger partial charge < -0.3 is 10.2 Å². The second-order valence-electron chi connectivity index (χ2n) is 8.11. The summed E-state index contributed by atoms with van der Waals surface area (Å²) in [4.78, 5) is 27.6. The van der Waals surface area contributed by atoms with E-state index in [-0.39, 0.29) is 18.5 Å². The number of benzene rings is 2. The average Bonchev–Trinajstić information content (AvgIpc) is 2.74. The standard InChI is InChI=1S/C24H33N3O4S/c1-6-19(3)25-24(29)20(4)26(16-21-12-8-7-9-13-21)23(28)17-27(32(5,30)31)22-14-10-11-18(2)15-22/h7-15,19-20H,6,16-17H2,1-5H3,(H,25,29). The zero-order chi connectivity index (χ0) is 23.9. The number of hydrogen-bond donors (Lipinski definition) is 1. The van der Waals surface area contributed by atoms with Crippen LogP contribution in [0.5, 0.6) is 0 Å². The lowest BCUT2D eigenvalue weighted by Gasteiger charge is -2.32. The van der Waals surface area contributed by atoms with Crippen LogP contribution in [0.3, 0.4) is 0 Å². The summed E-state index contributed by atoms with van der Waals surface area (Å²) in [5.74, 6) is -0.724. The molecule has 8 heteroatoms. The van der Waals surface area contributed by atoms with Crippen molar-refractivity contribution < 1.29 is 18.0 Å². The van der Waals surface area contributed by atoms with Crippen LogP contribution in [0.4, 0.5) is 5.69 Å². The SMILES string of the molecule is CCC(C)NC(=O)C(C)N(Cc1ccccc1)C(=O)CN(c1cccc(C)c1)S(C)(=O)=O. The minimum atomic E-state index is -3.72. The van der Waals surface area contributed by atoms with Crippen LogP contribution in [0.1, 0.15) is 38.3 Å². The normalized spacial score (nSPS) is 13.2. The first-order valence-electron chi connectivity index (χ1n) is 10.7. The highest BCUT2D eigenvalue weighted by atomic mass is 32.2. The van der Waals surface area contributed by atoms with E-state index in [1.165, 1.54) is 4.90 Å². The quantitative estimate of drug-likeness (QED) is 0.592. The minimum Gasteiger partial charge on any atom is -0.352 e. The van der Waals surface area contributed by atoms with E-state index in [4.69, 9.17) is 0 Å². The van der Waals surface area contributed by atoms with Gasteiger partial charge in [0.2, 0.25) is 21.8 Å². The molecule has 0 aliphatic rings. The summed E-state index contributed by atoms with van der Waals surface area (Å²) >= 11 is 0. The van der Waals surface area contributed by atoms with Gasteiger partial charge in [0.1, 0.15) is 12.6 Å². The van der Waals surface area contributed by atoms with E-state index in [9.17, 15) is 18.0 Å². The first-order chi connectivity index (χ1) is 15.0. The first kappa shape index (κ1) is 25.4. The van der Waals surface area contributed by atoms with Crippen molar-refractivity contribution in [3.63, 3.8) is 0 Å². The predicted octanol–water partition coefficient (Wildman–Crippen LogP) is 3.09. The van der Waals surface area contributed by atoms with Crippen LogP contribution >= 0.6 is 0 Å². The van der Waals surface area contributed by atoms with Crippen molar-refractivity contribution in [3.05, 3.63) is 65.7 Å². The molecule has 0 saturated carbocycles. The van der Waals surface area contributed by atoms with Gasteiger partial charge in [-0.2, -0.15) is 0 Å². The maximum atomic E-state index is 13.4. The molecule has 0 radical (unpaired) electrons. The van der Waals surface area contributed by atoms with Gasteiger partial charge >= 0.3 is 0 Å². The molecule has 0 aliphatic carbocycles. The van der Waals surface area contributed by atoms with Crippen LogP contribution in [-0.2, 0) is 26.2 Å². The molecule has 1 N–H and O–H groups in total. The molecule has 2 aromatic rings. The van der Waals surface area contributed by atoms with E-state index in [1.807, 2.05) is 57.2 Å². The third-order valence-corrected chi connectivity index (χ3v) is 6.47. The van der Waals surface area contributed by atoms with Crippen molar-refractivity contribution in [2.45, 2.75) is 52.7 Å². The molecule has 0 bridgehead atoms. The highest BCUT2D eigenvalue weighted by Gasteiger charge is 2.30. The van der Waals surface area contributed by atoms with Gasteiger partial charge in [-0.25, -0.2) is 8.42 Å². The summed E-state index contributed by atoms with van der Waals surface area (Å²) in [6.45, 7) is 7.19. The topological polar surface area (TPSA) is 86.8 Å². The van der Waals surface area contributed by atoms with Crippen LogP contribution in [0.25, 0.3) is 0 Å². The van der Waals surface area contributed by atoms with Gasteiger partial charge in [-0.1, -0.05) is 49.4 Å². The Morgan fingerprint density at radius 3 is 2.25 bits per heavy atom. The van der Waals surface area contributed by atoms with Gasteiger partial charge in [0.25, 0.3) is 0 Å². The fourth-order valence-corrected chi connectivity index (χ4v) is 4.07. The van der Waals surface area contributed by atoms with E-state index in [0.717, 1.165) is 28.1 Å². The average molecular weight is 460 g/mol. The molecule has 0 aliphatic heterocycles. The number of carbonyl (C=O) groups excluding carboxylic acids is 2. The number of nitrogens with one attached hydrogen (secondary N) is 1. The van der Waals surface area contributed by atoms with Crippen LogP contribution < -0.4 is 9.62 Å². The van der Waals surface area contributed by atoms with Crippen LogP contribution in [-0.4, -0.2) is 50.0 Å². The number of sulfonamides is 1. The largest absolute Gasteiger partial charge is 0.352 e. The van der Waals surface area contributed by atoms with Crippen molar-refractivity contribution in [1.29, 1.82) is 0 Å². The summed E-state index contributed by atoms with van der Waals surface area (Å²) in [5.41, 5.74) is 2.15. The Bertz CT molecular complexity index is 1020. The molecule has 0 fully saturated rings. The molecule has 0 aromatic heterocycles. The molecular weight excluding hydrogens is 426 g/mol. The zero-order valence-electron chi connectivity index (χ0n) is 19.4. The molecule has 0 spiro atoms. The number of aryl methyl sites for hydroxylation is 1. The summed E-state index contributed by atoms with van der Waals surface area (Å²) in [6.07, 6.45) is 1.84. The van der Waals surface area contributed by atoms with E-state index in [1.54, 1.807) is 25.1 Å². The van der Waals surface area contributed by atoms with Gasteiger partial charge in [-0.05, 0) is 50.5 Å². The second-order valence-corrected chi connectivity index (χ2v) is 10.0. The predicted molar refractivity (Wildman–Crippen MR) is 128 cm³/mol. The van der Waals surface area contributed by atoms with Crippen LogP contribution in [0.15, 0.2) is 54.6 Å². The Morgan fingerprint density at radius 2 is 1.69 bits per heavy atom. The van der Waals surface area contributed by atoms with Crippen molar-refractivity contribution in [1.82, 2.24) is 10.2 Å². The Kier molecular flexibility index (Phi) is 8.83. The Balaban J connectivity index is 2.35. The number of amides is 2. The maximum Gasteiger partial charge on any atom is 0.244 e. The molecule has 0 saturated heterocycles. The fourth-order valence-electron chi connectivity index (χ4n) is 3.23. The van der Waals surface area contributed by atoms with Gasteiger partial charge in [-0.3, -0.25) is 13.9 Å². The molecule has 174 valence electrons. The third-order valence-electron chi connectivity index (χ3n) is 5.33. The van der Waals surface area contributed by atoms with Crippen molar-refractivity contribution in [3.8, 4) is 0 Å². The highest BCUT2D eigenvalue weighted by molar-refractivity contribution is 7.92. The lowest BCUT2D eigenvalue weighted by Crippen LogP contribution is -2.52. The highest BCUT2D eigenvalue weighted by Crippen LogP contribution is 2.20. The van der Waals surface area contributed by atoms with Gasteiger partial charge in [-0.15, -0.1) is 0 Å². The molecule has 32 heavy (non-hydrogen) atoms. The zero-order valence-corrected chi connectivity index (χ0v) is 20.2. The molecule has 0 heterocycles. The lowest BCUT2D eigenvalue weighted by molar-refractivity contribution is -0.139. The first-order valence-corrected chi connectivity index (χ1v) is 12.6. The van der Waals surface area contributed by atoms with Gasteiger partial charge in [0.15, 0.2) is 0 Å². The minimum absolute atomic E-state index is 0.0292. The fraction of sp³-hybridized carbons (Fsp3) is 0.417. The van der Waals surface area contributed by atoms with E-state index in [2.05, 4.69) is 5.32 Å². The molecule has 2 rings (SSSR count).